The van der Waals surface area contributed by atoms with Crippen molar-refractivity contribution in [3.63, 3.8) is 0 Å². The third-order valence-corrected chi connectivity index (χ3v) is 4.50. The highest BCUT2D eigenvalue weighted by Gasteiger charge is 2.35. The number of carboxylic acid groups (broad SMARTS) is 1. The number of H-pyrrole nitrogens is 1. The van der Waals surface area contributed by atoms with Gasteiger partial charge in [-0.3, -0.25) is 14.7 Å². The molecule has 1 fully saturated rings. The third-order valence-electron chi connectivity index (χ3n) is 4.50. The van der Waals surface area contributed by atoms with Gasteiger partial charge in [0.2, 0.25) is 5.91 Å². The van der Waals surface area contributed by atoms with Gasteiger partial charge < -0.3 is 15.3 Å². The minimum absolute atomic E-state index is 0.00631. The van der Waals surface area contributed by atoms with Crippen molar-refractivity contribution >= 4 is 11.9 Å². The maximum atomic E-state index is 12.2. The molecule has 1 aliphatic heterocycles. The van der Waals surface area contributed by atoms with E-state index < -0.39 is 5.97 Å². The van der Waals surface area contributed by atoms with E-state index in [0.29, 0.717) is 43.6 Å². The van der Waals surface area contributed by atoms with Crippen molar-refractivity contribution in [3.05, 3.63) is 11.6 Å². The Labute approximate surface area is 142 Å². The standard InChI is InChI=1S/C16H27N5O3/c1-10(2)12-8-21(7-6-16(23)24)9-13(12)18-15(22)5-4-14-17-11(3)19-20-14/h10,12-13H,4-9H2,1-3H3,(H,18,22)(H,23,24)(H,17,19,20)/t12-,13+/m0/s1. The number of nitrogens with one attached hydrogen (secondary N) is 2. The molecule has 0 saturated carbocycles. The van der Waals surface area contributed by atoms with E-state index in [-0.39, 0.29) is 18.4 Å². The zero-order chi connectivity index (χ0) is 17.7. The topological polar surface area (TPSA) is 111 Å². The summed E-state index contributed by atoms with van der Waals surface area (Å²) in [5.74, 6) is 1.38. The van der Waals surface area contributed by atoms with Crippen molar-refractivity contribution in [2.75, 3.05) is 19.6 Å². The largest absolute Gasteiger partial charge is 0.481 e. The molecule has 1 aromatic heterocycles. The predicted octanol–water partition coefficient (Wildman–Crippen LogP) is 0.593. The summed E-state index contributed by atoms with van der Waals surface area (Å²) >= 11 is 0. The van der Waals surface area contributed by atoms with Crippen LogP contribution in [0.5, 0.6) is 0 Å². The minimum Gasteiger partial charge on any atom is -0.481 e. The van der Waals surface area contributed by atoms with Crippen LogP contribution < -0.4 is 5.32 Å². The highest BCUT2D eigenvalue weighted by atomic mass is 16.4. The van der Waals surface area contributed by atoms with Crippen molar-refractivity contribution < 1.29 is 14.7 Å². The fraction of sp³-hybridized carbons (Fsp3) is 0.750. The lowest BCUT2D eigenvalue weighted by atomic mass is 9.91. The molecule has 134 valence electrons. The summed E-state index contributed by atoms with van der Waals surface area (Å²) in [6.07, 6.45) is 1.00. The molecule has 0 aromatic carbocycles. The van der Waals surface area contributed by atoms with Gasteiger partial charge in [-0.25, -0.2) is 4.98 Å². The lowest BCUT2D eigenvalue weighted by molar-refractivity contribution is -0.137. The summed E-state index contributed by atoms with van der Waals surface area (Å²) in [6.45, 7) is 8.18. The fourth-order valence-corrected chi connectivity index (χ4v) is 3.18. The van der Waals surface area contributed by atoms with Crippen LogP contribution in [0.25, 0.3) is 0 Å². The van der Waals surface area contributed by atoms with Crippen LogP contribution in [0.3, 0.4) is 0 Å². The predicted molar refractivity (Wildman–Crippen MR) is 88.4 cm³/mol. The molecular formula is C16H27N5O3. The summed E-state index contributed by atoms with van der Waals surface area (Å²) in [5, 5.41) is 18.7. The Balaban J connectivity index is 1.83. The normalized spacial score (nSPS) is 21.3. The Morgan fingerprint density at radius 1 is 1.38 bits per heavy atom. The first kappa shape index (κ1) is 18.4. The highest BCUT2D eigenvalue weighted by Crippen LogP contribution is 2.24. The molecule has 0 spiro atoms. The molecule has 8 heteroatoms. The number of carbonyl (C=O) groups is 2. The van der Waals surface area contributed by atoms with E-state index in [2.05, 4.69) is 39.2 Å². The summed E-state index contributed by atoms with van der Waals surface area (Å²) in [4.78, 5) is 29.3. The van der Waals surface area contributed by atoms with E-state index in [1.54, 1.807) is 0 Å². The van der Waals surface area contributed by atoms with Crippen molar-refractivity contribution in [1.29, 1.82) is 0 Å². The van der Waals surface area contributed by atoms with Crippen LogP contribution in [-0.4, -0.2) is 62.7 Å². The number of aliphatic carboxylic acids is 1. The van der Waals surface area contributed by atoms with Crippen molar-refractivity contribution in [3.8, 4) is 0 Å². The van der Waals surface area contributed by atoms with Gasteiger partial charge in [-0.2, -0.15) is 5.10 Å². The number of hydrogen-bond acceptors (Lipinski definition) is 5. The maximum absolute atomic E-state index is 12.2. The minimum atomic E-state index is -0.787. The number of hydrogen-bond donors (Lipinski definition) is 3. The number of aromatic nitrogens is 3. The molecule has 1 aliphatic rings. The molecule has 0 aliphatic carbocycles. The quantitative estimate of drug-likeness (QED) is 0.640. The first-order valence-electron chi connectivity index (χ1n) is 8.46. The first-order chi connectivity index (χ1) is 11.3. The Morgan fingerprint density at radius 3 is 2.71 bits per heavy atom. The third kappa shape index (κ3) is 5.30. The SMILES string of the molecule is Cc1nc(CCC(=O)N[C@@H]2CN(CCC(=O)O)C[C@H]2C(C)C)n[nH]1. The number of rotatable bonds is 8. The smallest absolute Gasteiger partial charge is 0.304 e. The molecule has 8 nitrogen and oxygen atoms in total. The van der Waals surface area contributed by atoms with E-state index in [0.717, 1.165) is 12.4 Å². The van der Waals surface area contributed by atoms with Gasteiger partial charge in [0.15, 0.2) is 5.82 Å². The zero-order valence-electron chi connectivity index (χ0n) is 14.6. The summed E-state index contributed by atoms with van der Waals surface area (Å²) < 4.78 is 0. The van der Waals surface area contributed by atoms with E-state index >= 15 is 0 Å². The number of carbonyl (C=O) groups excluding carboxylic acids is 1. The number of aryl methyl sites for hydroxylation is 2. The molecule has 2 atom stereocenters. The van der Waals surface area contributed by atoms with Gasteiger partial charge in [0.1, 0.15) is 5.82 Å². The second-order valence-electron chi connectivity index (χ2n) is 6.82. The van der Waals surface area contributed by atoms with Crippen molar-refractivity contribution in [2.45, 2.75) is 46.1 Å². The van der Waals surface area contributed by atoms with Crippen LogP contribution >= 0.6 is 0 Å². The number of likely N-dealkylation sites (tertiary alicyclic amines) is 1. The second-order valence-corrected chi connectivity index (χ2v) is 6.82. The van der Waals surface area contributed by atoms with Gasteiger partial charge >= 0.3 is 5.97 Å². The molecule has 0 radical (unpaired) electrons. The first-order valence-corrected chi connectivity index (χ1v) is 8.46. The molecule has 2 rings (SSSR count). The Bertz CT molecular complexity index is 572. The Hall–Kier alpha value is -1.96. The number of nitrogens with zero attached hydrogens (tertiary/aromatic N) is 3. The molecule has 0 unspecified atom stereocenters. The number of carboxylic acids is 1. The highest BCUT2D eigenvalue weighted by molar-refractivity contribution is 5.76. The molecule has 1 saturated heterocycles. The van der Waals surface area contributed by atoms with Gasteiger partial charge in [-0.1, -0.05) is 13.8 Å². The van der Waals surface area contributed by atoms with Gasteiger partial charge in [0.25, 0.3) is 0 Å². The molecule has 1 aromatic rings. The van der Waals surface area contributed by atoms with Gasteiger partial charge in [0, 0.05) is 38.5 Å². The molecule has 0 bridgehead atoms. The van der Waals surface area contributed by atoms with Crippen LogP contribution in [0.2, 0.25) is 0 Å². The number of amides is 1. The van der Waals surface area contributed by atoms with Crippen LogP contribution in [0.15, 0.2) is 0 Å². The van der Waals surface area contributed by atoms with E-state index in [1.165, 1.54) is 0 Å². The maximum Gasteiger partial charge on any atom is 0.304 e. The van der Waals surface area contributed by atoms with Gasteiger partial charge in [-0.15, -0.1) is 0 Å². The lowest BCUT2D eigenvalue weighted by Gasteiger charge is -2.22. The molecule has 3 N–H and O–H groups in total. The molecule has 1 amide bonds. The van der Waals surface area contributed by atoms with Gasteiger partial charge in [0.05, 0.1) is 6.42 Å². The summed E-state index contributed by atoms with van der Waals surface area (Å²) in [5.41, 5.74) is 0. The van der Waals surface area contributed by atoms with E-state index in [9.17, 15) is 9.59 Å². The molecular weight excluding hydrogens is 310 g/mol. The van der Waals surface area contributed by atoms with Crippen LogP contribution in [-0.2, 0) is 16.0 Å². The molecule has 24 heavy (non-hydrogen) atoms. The second kappa shape index (κ2) is 8.23. The van der Waals surface area contributed by atoms with Crippen LogP contribution in [0.1, 0.15) is 38.3 Å². The zero-order valence-corrected chi connectivity index (χ0v) is 14.6. The van der Waals surface area contributed by atoms with E-state index in [4.69, 9.17) is 5.11 Å². The summed E-state index contributed by atoms with van der Waals surface area (Å²) in [6, 6.07) is 0.0696. The lowest BCUT2D eigenvalue weighted by Crippen LogP contribution is -2.42. The molecule has 2 heterocycles. The van der Waals surface area contributed by atoms with Crippen molar-refractivity contribution in [1.82, 2.24) is 25.4 Å². The Morgan fingerprint density at radius 2 is 2.12 bits per heavy atom. The summed E-state index contributed by atoms with van der Waals surface area (Å²) in [7, 11) is 0. The van der Waals surface area contributed by atoms with Crippen molar-refractivity contribution in [2.24, 2.45) is 11.8 Å². The Kier molecular flexibility index (Phi) is 6.30. The van der Waals surface area contributed by atoms with Crippen LogP contribution in [0, 0.1) is 18.8 Å². The fourth-order valence-electron chi connectivity index (χ4n) is 3.18. The average molecular weight is 337 g/mol. The number of aromatic amines is 1. The van der Waals surface area contributed by atoms with E-state index in [1.807, 2.05) is 6.92 Å². The monoisotopic (exact) mass is 337 g/mol. The van der Waals surface area contributed by atoms with Crippen LogP contribution in [0.4, 0.5) is 0 Å². The average Bonchev–Trinajstić information content (AvgIpc) is 3.09. The van der Waals surface area contributed by atoms with Gasteiger partial charge in [-0.05, 0) is 18.8 Å².